The maximum atomic E-state index is 12.7. The number of aromatic nitrogens is 1. The number of nitrogens with zero attached hydrogens (tertiary/aromatic N) is 1. The van der Waals surface area contributed by atoms with Crippen molar-refractivity contribution in [2.45, 2.75) is 5.51 Å². The topological polar surface area (TPSA) is 47.3 Å². The molecule has 0 bridgehead atoms. The fourth-order valence-electron chi connectivity index (χ4n) is 0.616. The van der Waals surface area contributed by atoms with Gasteiger partial charge in [-0.15, -0.1) is 8.67 Å². The molecule has 1 aromatic rings. The van der Waals surface area contributed by atoms with Gasteiger partial charge in [0.2, 0.25) is 6.20 Å². The summed E-state index contributed by atoms with van der Waals surface area (Å²) in [6.07, 6.45) is 0.693. The second kappa shape index (κ2) is 3.65. The van der Waals surface area contributed by atoms with Gasteiger partial charge in [0, 0.05) is 12.1 Å². The van der Waals surface area contributed by atoms with Gasteiger partial charge in [0.1, 0.15) is 0 Å². The van der Waals surface area contributed by atoms with E-state index < -0.39 is 21.6 Å². The summed E-state index contributed by atoms with van der Waals surface area (Å²) in [6, 6.07) is 3.01. The molecule has 0 fully saturated rings. The fourth-order valence-corrected chi connectivity index (χ4v) is 1.03. The Balaban J connectivity index is 3.03. The smallest absolute Gasteiger partial charge is 0.171 e. The van der Waals surface area contributed by atoms with E-state index in [1.54, 1.807) is 0 Å². The third-order valence-electron chi connectivity index (χ3n) is 1.24. The number of hydrogen-bond donors (Lipinski definition) is 0. The molecule has 0 N–H and O–H groups in total. The quantitative estimate of drug-likeness (QED) is 0.328. The van der Waals surface area contributed by atoms with Crippen molar-refractivity contribution in [3.8, 4) is 0 Å². The number of alkyl halides is 3. The molecule has 0 amide bonds. The SMILES string of the molecule is O=S(=O)(O[n+]1ccccc1F)C(F)(F)F. The highest BCUT2D eigenvalue weighted by molar-refractivity contribution is 7.87. The Morgan fingerprint density at radius 1 is 1.27 bits per heavy atom. The predicted octanol–water partition coefficient (Wildman–Crippen LogP) is 0.391. The zero-order chi connectivity index (χ0) is 11.7. The van der Waals surface area contributed by atoms with Crippen molar-refractivity contribution in [1.82, 2.24) is 0 Å². The van der Waals surface area contributed by atoms with E-state index in [1.165, 1.54) is 0 Å². The van der Waals surface area contributed by atoms with Gasteiger partial charge in [0.05, 0.1) is 4.73 Å². The van der Waals surface area contributed by atoms with Crippen molar-refractivity contribution in [2.24, 2.45) is 0 Å². The van der Waals surface area contributed by atoms with Crippen molar-refractivity contribution < 1.29 is 35.0 Å². The average Bonchev–Trinajstić information content (AvgIpc) is 2.06. The standard InChI is InChI=1S/C6H4F4NO3S/c7-5-3-1-2-4-11(5)14-15(12,13)6(8,9)10/h1-4H/q+1. The molecular formula is C6H4F4NO3S+. The van der Waals surface area contributed by atoms with E-state index in [9.17, 15) is 26.0 Å². The molecule has 1 heterocycles. The summed E-state index contributed by atoms with van der Waals surface area (Å²) in [4.78, 5) is 0. The summed E-state index contributed by atoms with van der Waals surface area (Å²) in [7, 11) is -5.85. The van der Waals surface area contributed by atoms with Crippen LogP contribution in [-0.4, -0.2) is 13.9 Å². The highest BCUT2D eigenvalue weighted by atomic mass is 32.2. The average molecular weight is 246 g/mol. The van der Waals surface area contributed by atoms with Crippen LogP contribution in [0.15, 0.2) is 24.4 Å². The van der Waals surface area contributed by atoms with Gasteiger partial charge in [-0.1, -0.05) is 0 Å². The van der Waals surface area contributed by atoms with E-state index in [-0.39, 0.29) is 4.73 Å². The van der Waals surface area contributed by atoms with Crippen LogP contribution in [0.1, 0.15) is 0 Å². The molecule has 0 radical (unpaired) electrons. The number of rotatable bonds is 2. The number of halogens is 4. The molecule has 0 saturated heterocycles. The van der Waals surface area contributed by atoms with Gasteiger partial charge in [-0.25, -0.2) is 0 Å². The molecule has 84 valence electrons. The number of pyridine rings is 1. The second-order valence-electron chi connectivity index (χ2n) is 2.32. The first kappa shape index (κ1) is 11.7. The van der Waals surface area contributed by atoms with Gasteiger partial charge in [-0.2, -0.15) is 21.6 Å². The van der Waals surface area contributed by atoms with Crippen LogP contribution in [0.2, 0.25) is 0 Å². The van der Waals surface area contributed by atoms with Crippen LogP contribution >= 0.6 is 0 Å². The second-order valence-corrected chi connectivity index (χ2v) is 3.84. The first-order chi connectivity index (χ1) is 6.74. The van der Waals surface area contributed by atoms with Crippen molar-refractivity contribution >= 4 is 10.1 Å². The molecule has 0 saturated carbocycles. The van der Waals surface area contributed by atoms with Crippen LogP contribution in [0, 0.1) is 5.95 Å². The van der Waals surface area contributed by atoms with Crippen molar-refractivity contribution in [3.63, 3.8) is 0 Å². The third-order valence-corrected chi connectivity index (χ3v) is 2.16. The van der Waals surface area contributed by atoms with Crippen LogP contribution < -0.4 is 9.01 Å². The van der Waals surface area contributed by atoms with Crippen molar-refractivity contribution in [1.29, 1.82) is 0 Å². The molecule has 4 nitrogen and oxygen atoms in total. The summed E-state index contributed by atoms with van der Waals surface area (Å²) in [5.74, 6) is -1.27. The molecule has 0 aliphatic heterocycles. The lowest BCUT2D eigenvalue weighted by Crippen LogP contribution is -2.52. The highest BCUT2D eigenvalue weighted by Gasteiger charge is 2.52. The molecule has 9 heteroatoms. The van der Waals surface area contributed by atoms with Gasteiger partial charge in [-0.05, 0) is 6.07 Å². The minimum absolute atomic E-state index is 0.136. The van der Waals surface area contributed by atoms with Crippen LogP contribution in [0.5, 0.6) is 0 Å². The molecule has 1 aromatic heterocycles. The largest absolute Gasteiger partial charge is 0.540 e. The maximum absolute atomic E-state index is 12.7. The first-order valence-electron chi connectivity index (χ1n) is 3.41. The van der Waals surface area contributed by atoms with Crippen LogP contribution in [0.3, 0.4) is 0 Å². The van der Waals surface area contributed by atoms with E-state index in [1.807, 2.05) is 0 Å². The summed E-state index contributed by atoms with van der Waals surface area (Å²) in [6.45, 7) is 0. The molecular weight excluding hydrogens is 242 g/mol. The number of hydrogen-bond acceptors (Lipinski definition) is 3. The molecule has 0 unspecified atom stereocenters. The highest BCUT2D eigenvalue weighted by Crippen LogP contribution is 2.21. The Morgan fingerprint density at radius 3 is 2.33 bits per heavy atom. The lowest BCUT2D eigenvalue weighted by molar-refractivity contribution is -0.877. The molecule has 1 rings (SSSR count). The molecule has 0 aromatic carbocycles. The lowest BCUT2D eigenvalue weighted by atomic mass is 10.5. The van der Waals surface area contributed by atoms with Crippen LogP contribution in [0.25, 0.3) is 0 Å². The zero-order valence-corrected chi connectivity index (χ0v) is 7.72. The van der Waals surface area contributed by atoms with Crippen LogP contribution in [-0.2, 0) is 10.1 Å². The normalized spacial score (nSPS) is 12.5. The lowest BCUT2D eigenvalue weighted by Gasteiger charge is -2.02. The summed E-state index contributed by atoms with van der Waals surface area (Å²) >= 11 is 0. The van der Waals surface area contributed by atoms with Gasteiger partial charge in [-0.3, -0.25) is 0 Å². The van der Waals surface area contributed by atoms with Gasteiger partial charge in [0.25, 0.3) is 0 Å². The molecule has 0 spiro atoms. The molecule has 0 aliphatic rings. The minimum atomic E-state index is -5.85. The van der Waals surface area contributed by atoms with E-state index >= 15 is 0 Å². The molecule has 0 aliphatic carbocycles. The maximum Gasteiger partial charge on any atom is 0.540 e. The summed E-state index contributed by atoms with van der Waals surface area (Å²) < 4.78 is 72.3. The van der Waals surface area contributed by atoms with Crippen molar-refractivity contribution in [2.75, 3.05) is 0 Å². The Labute approximate surface area is 81.8 Å². The van der Waals surface area contributed by atoms with E-state index in [0.29, 0.717) is 6.20 Å². The van der Waals surface area contributed by atoms with E-state index in [4.69, 9.17) is 0 Å². The summed E-state index contributed by atoms with van der Waals surface area (Å²) in [5.41, 5.74) is -5.59. The van der Waals surface area contributed by atoms with Gasteiger partial charge < -0.3 is 0 Å². The van der Waals surface area contributed by atoms with Gasteiger partial charge >= 0.3 is 21.6 Å². The fraction of sp³-hybridized carbons (Fsp3) is 0.167. The summed E-state index contributed by atoms with van der Waals surface area (Å²) in [5, 5.41) is 0. The van der Waals surface area contributed by atoms with Crippen LogP contribution in [0.4, 0.5) is 17.6 Å². The monoisotopic (exact) mass is 246 g/mol. The van der Waals surface area contributed by atoms with Gasteiger partial charge in [0.15, 0.2) is 0 Å². The van der Waals surface area contributed by atoms with E-state index in [0.717, 1.165) is 18.2 Å². The molecule has 15 heavy (non-hydrogen) atoms. The predicted molar refractivity (Wildman–Crippen MR) is 38.1 cm³/mol. The zero-order valence-electron chi connectivity index (χ0n) is 6.90. The third kappa shape index (κ3) is 2.55. The Morgan fingerprint density at radius 2 is 1.87 bits per heavy atom. The Kier molecular flexibility index (Phi) is 2.84. The van der Waals surface area contributed by atoms with Crippen molar-refractivity contribution in [3.05, 3.63) is 30.3 Å². The first-order valence-corrected chi connectivity index (χ1v) is 4.82. The Hall–Kier alpha value is -1.38. The van der Waals surface area contributed by atoms with E-state index in [2.05, 4.69) is 4.28 Å². The molecule has 0 atom stereocenters. The minimum Gasteiger partial charge on any atom is -0.171 e. The Bertz CT molecular complexity index is 456.